The van der Waals surface area contributed by atoms with Gasteiger partial charge in [0, 0.05) is 26.7 Å². The quantitative estimate of drug-likeness (QED) is 0.603. The first-order valence-corrected chi connectivity index (χ1v) is 7.11. The predicted octanol–water partition coefficient (Wildman–Crippen LogP) is 2.87. The topological polar surface area (TPSA) is 27.6 Å². The van der Waals surface area contributed by atoms with Gasteiger partial charge in [0.25, 0.3) is 0 Å². The van der Waals surface area contributed by atoms with Gasteiger partial charge in [-0.05, 0) is 31.1 Å². The van der Waals surface area contributed by atoms with Gasteiger partial charge in [0.15, 0.2) is 5.96 Å². The van der Waals surface area contributed by atoms with E-state index in [-0.39, 0.29) is 0 Å². The molecule has 3 nitrogen and oxygen atoms in total. The molecule has 1 N–H and O–H groups in total. The van der Waals surface area contributed by atoms with E-state index in [4.69, 9.17) is 0 Å². The number of piperidine rings is 1. The molecule has 3 heteroatoms. The van der Waals surface area contributed by atoms with Crippen molar-refractivity contribution >= 4 is 5.96 Å². The standard InChI is InChI=1S/C14H29N3/c1-5-8-14(3)9-7-11-17(12-14)13(15-4)16-10-6-2/h5-12H2,1-4H3,(H,15,16). The highest BCUT2D eigenvalue weighted by molar-refractivity contribution is 5.80. The van der Waals surface area contributed by atoms with Crippen molar-refractivity contribution in [3.63, 3.8) is 0 Å². The number of rotatable bonds is 4. The Morgan fingerprint density at radius 1 is 1.35 bits per heavy atom. The van der Waals surface area contributed by atoms with Crippen LogP contribution in [0.15, 0.2) is 4.99 Å². The molecule has 1 atom stereocenters. The van der Waals surface area contributed by atoms with Crippen molar-refractivity contribution in [2.24, 2.45) is 10.4 Å². The second-order valence-corrected chi connectivity index (χ2v) is 5.56. The number of hydrogen-bond acceptors (Lipinski definition) is 1. The number of guanidine groups is 1. The molecule has 1 rings (SSSR count). The predicted molar refractivity (Wildman–Crippen MR) is 75.5 cm³/mol. The van der Waals surface area contributed by atoms with Crippen molar-refractivity contribution in [3.8, 4) is 0 Å². The van der Waals surface area contributed by atoms with Crippen LogP contribution in [0.3, 0.4) is 0 Å². The molecule has 1 aliphatic heterocycles. The van der Waals surface area contributed by atoms with E-state index in [9.17, 15) is 0 Å². The highest BCUT2D eigenvalue weighted by Crippen LogP contribution is 2.33. The minimum Gasteiger partial charge on any atom is -0.356 e. The molecule has 0 bridgehead atoms. The van der Waals surface area contributed by atoms with E-state index in [1.54, 1.807) is 0 Å². The first kappa shape index (κ1) is 14.3. The van der Waals surface area contributed by atoms with Crippen molar-refractivity contribution in [1.82, 2.24) is 10.2 Å². The van der Waals surface area contributed by atoms with Gasteiger partial charge in [-0.15, -0.1) is 0 Å². The number of hydrogen-bond donors (Lipinski definition) is 1. The summed E-state index contributed by atoms with van der Waals surface area (Å²) < 4.78 is 0. The van der Waals surface area contributed by atoms with E-state index >= 15 is 0 Å². The smallest absolute Gasteiger partial charge is 0.193 e. The van der Waals surface area contributed by atoms with E-state index in [1.165, 1.54) is 25.7 Å². The highest BCUT2D eigenvalue weighted by Gasteiger charge is 2.31. The Hall–Kier alpha value is -0.730. The monoisotopic (exact) mass is 239 g/mol. The molecule has 0 aromatic carbocycles. The lowest BCUT2D eigenvalue weighted by molar-refractivity contribution is 0.142. The van der Waals surface area contributed by atoms with Crippen molar-refractivity contribution in [3.05, 3.63) is 0 Å². The summed E-state index contributed by atoms with van der Waals surface area (Å²) in [7, 11) is 1.89. The zero-order valence-corrected chi connectivity index (χ0v) is 12.1. The van der Waals surface area contributed by atoms with Gasteiger partial charge in [-0.1, -0.05) is 27.2 Å². The lowest BCUT2D eigenvalue weighted by Crippen LogP contribution is -2.49. The van der Waals surface area contributed by atoms with Crippen molar-refractivity contribution in [1.29, 1.82) is 0 Å². The Kier molecular flexibility index (Phi) is 5.79. The van der Waals surface area contributed by atoms with Crippen LogP contribution in [0.5, 0.6) is 0 Å². The molecule has 0 aliphatic carbocycles. The number of nitrogens with zero attached hydrogens (tertiary/aromatic N) is 2. The third-order valence-corrected chi connectivity index (χ3v) is 3.68. The van der Waals surface area contributed by atoms with E-state index < -0.39 is 0 Å². The van der Waals surface area contributed by atoms with E-state index in [0.29, 0.717) is 5.41 Å². The Morgan fingerprint density at radius 3 is 2.71 bits per heavy atom. The van der Waals surface area contributed by atoms with Crippen molar-refractivity contribution < 1.29 is 0 Å². The summed E-state index contributed by atoms with van der Waals surface area (Å²) in [5.41, 5.74) is 0.483. The maximum absolute atomic E-state index is 4.41. The minimum absolute atomic E-state index is 0.483. The molecular formula is C14H29N3. The van der Waals surface area contributed by atoms with Gasteiger partial charge >= 0.3 is 0 Å². The molecule has 0 aromatic heterocycles. The second-order valence-electron chi connectivity index (χ2n) is 5.56. The summed E-state index contributed by atoms with van der Waals surface area (Å²) >= 11 is 0. The lowest BCUT2D eigenvalue weighted by atomic mass is 9.78. The molecule has 0 amide bonds. The van der Waals surface area contributed by atoms with Crippen LogP contribution in [-0.4, -0.2) is 37.5 Å². The fourth-order valence-corrected chi connectivity index (χ4v) is 2.87. The van der Waals surface area contributed by atoms with Crippen LogP contribution >= 0.6 is 0 Å². The first-order valence-electron chi connectivity index (χ1n) is 7.11. The third-order valence-electron chi connectivity index (χ3n) is 3.68. The van der Waals surface area contributed by atoms with Crippen molar-refractivity contribution in [2.45, 2.75) is 52.9 Å². The van der Waals surface area contributed by atoms with Crippen LogP contribution in [-0.2, 0) is 0 Å². The Bertz CT molecular complexity index is 246. The number of nitrogens with one attached hydrogen (secondary N) is 1. The van der Waals surface area contributed by atoms with Crippen LogP contribution in [0.25, 0.3) is 0 Å². The fraction of sp³-hybridized carbons (Fsp3) is 0.929. The SMILES string of the molecule is CCCNC(=NC)N1CCCC(C)(CCC)C1. The molecule has 0 spiro atoms. The van der Waals surface area contributed by atoms with Crippen LogP contribution in [0.1, 0.15) is 52.9 Å². The highest BCUT2D eigenvalue weighted by atomic mass is 15.3. The van der Waals surface area contributed by atoms with Gasteiger partial charge in [0.2, 0.25) is 0 Å². The first-order chi connectivity index (χ1) is 8.15. The van der Waals surface area contributed by atoms with Gasteiger partial charge in [-0.25, -0.2) is 0 Å². The van der Waals surface area contributed by atoms with Gasteiger partial charge in [0.05, 0.1) is 0 Å². The molecule has 1 heterocycles. The second kappa shape index (κ2) is 6.87. The number of likely N-dealkylation sites (tertiary alicyclic amines) is 1. The molecule has 1 fully saturated rings. The van der Waals surface area contributed by atoms with Crippen LogP contribution < -0.4 is 5.32 Å². The Labute approximate surface area is 107 Å². The molecule has 1 unspecified atom stereocenters. The third kappa shape index (κ3) is 4.21. The van der Waals surface area contributed by atoms with Crippen molar-refractivity contribution in [2.75, 3.05) is 26.7 Å². The van der Waals surface area contributed by atoms with E-state index in [0.717, 1.165) is 32.0 Å². The summed E-state index contributed by atoms with van der Waals surface area (Å²) in [5, 5.41) is 3.44. The van der Waals surface area contributed by atoms with Gasteiger partial charge in [-0.2, -0.15) is 0 Å². The van der Waals surface area contributed by atoms with E-state index in [2.05, 4.69) is 36.0 Å². The summed E-state index contributed by atoms with van der Waals surface area (Å²) in [4.78, 5) is 6.85. The molecule has 0 radical (unpaired) electrons. The lowest BCUT2D eigenvalue weighted by Gasteiger charge is -2.42. The van der Waals surface area contributed by atoms with Gasteiger partial charge in [-0.3, -0.25) is 4.99 Å². The normalized spacial score (nSPS) is 26.1. The average molecular weight is 239 g/mol. The maximum Gasteiger partial charge on any atom is 0.193 e. The molecule has 100 valence electrons. The van der Waals surface area contributed by atoms with Crippen LogP contribution in [0.4, 0.5) is 0 Å². The average Bonchev–Trinajstić information content (AvgIpc) is 2.30. The molecule has 1 aliphatic rings. The summed E-state index contributed by atoms with van der Waals surface area (Å²) in [6.45, 7) is 10.2. The summed E-state index contributed by atoms with van der Waals surface area (Å²) in [6.07, 6.45) is 6.42. The molecular weight excluding hydrogens is 210 g/mol. The minimum atomic E-state index is 0.483. The van der Waals surface area contributed by atoms with Gasteiger partial charge in [0.1, 0.15) is 0 Å². The summed E-state index contributed by atoms with van der Waals surface area (Å²) in [5.74, 6) is 1.09. The van der Waals surface area contributed by atoms with Crippen LogP contribution in [0, 0.1) is 5.41 Å². The van der Waals surface area contributed by atoms with E-state index in [1.807, 2.05) is 7.05 Å². The summed E-state index contributed by atoms with van der Waals surface area (Å²) in [6, 6.07) is 0. The molecule has 0 aromatic rings. The molecule has 0 saturated carbocycles. The Morgan fingerprint density at radius 2 is 2.12 bits per heavy atom. The fourth-order valence-electron chi connectivity index (χ4n) is 2.87. The largest absolute Gasteiger partial charge is 0.356 e. The molecule has 1 saturated heterocycles. The zero-order valence-electron chi connectivity index (χ0n) is 12.1. The van der Waals surface area contributed by atoms with Gasteiger partial charge < -0.3 is 10.2 Å². The van der Waals surface area contributed by atoms with Crippen LogP contribution in [0.2, 0.25) is 0 Å². The molecule has 17 heavy (non-hydrogen) atoms. The zero-order chi connectivity index (χ0) is 12.7. The Balaban J connectivity index is 2.58. The maximum atomic E-state index is 4.41. The number of aliphatic imine (C=N–C) groups is 1.